The third-order valence-electron chi connectivity index (χ3n) is 4.89. The van der Waals surface area contributed by atoms with Gasteiger partial charge in [0.05, 0.1) is 12.1 Å². The molecule has 0 N–H and O–H groups in total. The van der Waals surface area contributed by atoms with Gasteiger partial charge in [-0.05, 0) is 53.5 Å². The molecule has 2 unspecified atom stereocenters. The molecule has 2 aliphatic rings. The van der Waals surface area contributed by atoms with Gasteiger partial charge in [0.15, 0.2) is 17.3 Å². The van der Waals surface area contributed by atoms with Crippen LogP contribution in [0.5, 0.6) is 5.75 Å². The number of carbonyl (C=O) groups is 1. The maximum absolute atomic E-state index is 14.1. The topological polar surface area (TPSA) is 26.3 Å². The first-order valence-electron chi connectivity index (χ1n) is 7.86. The van der Waals surface area contributed by atoms with E-state index >= 15 is 0 Å². The lowest BCUT2D eigenvalue weighted by molar-refractivity contribution is -0.116. The van der Waals surface area contributed by atoms with Crippen LogP contribution in [-0.2, 0) is 11.2 Å². The number of carbonyl (C=O) groups excluding carboxylic acids is 1. The van der Waals surface area contributed by atoms with Crippen LogP contribution in [0.4, 0.5) is 4.39 Å². The van der Waals surface area contributed by atoms with E-state index in [0.717, 1.165) is 42.4 Å². The number of fused-ring (bicyclic) bond motifs is 3. The van der Waals surface area contributed by atoms with E-state index in [-0.39, 0.29) is 17.5 Å². The molecule has 0 saturated heterocycles. The standard InChI is InChI=1S/C18H20ClFO2/c1-3-4-5-10-6-11(21)7-13-12(10)8-15-14(13)9-16(20)18(22-2)17(15)19/h7,9-10,12H,3-6,8H2,1-2H3. The summed E-state index contributed by atoms with van der Waals surface area (Å²) in [6.07, 6.45) is 6.34. The summed E-state index contributed by atoms with van der Waals surface area (Å²) in [5, 5.41) is 0.356. The Morgan fingerprint density at radius 2 is 2.18 bits per heavy atom. The Kier molecular flexibility index (Phi) is 4.26. The number of unbranched alkanes of at least 4 members (excludes halogenated alkanes) is 1. The molecule has 0 aliphatic heterocycles. The maximum Gasteiger partial charge on any atom is 0.173 e. The molecule has 118 valence electrons. The number of benzene rings is 1. The van der Waals surface area contributed by atoms with E-state index in [9.17, 15) is 9.18 Å². The molecule has 0 spiro atoms. The molecular weight excluding hydrogens is 303 g/mol. The number of allylic oxidation sites excluding steroid dienone is 2. The SMILES string of the molecule is CCCCC1CC(=O)C=C2c3cc(F)c(OC)c(Cl)c3CC21. The predicted molar refractivity (Wildman–Crippen MR) is 85.8 cm³/mol. The van der Waals surface area contributed by atoms with Crippen molar-refractivity contribution in [2.75, 3.05) is 7.11 Å². The Morgan fingerprint density at radius 1 is 1.41 bits per heavy atom. The van der Waals surface area contributed by atoms with Crippen molar-refractivity contribution in [3.63, 3.8) is 0 Å². The van der Waals surface area contributed by atoms with E-state index in [1.165, 1.54) is 13.2 Å². The van der Waals surface area contributed by atoms with Crippen LogP contribution >= 0.6 is 11.6 Å². The second kappa shape index (κ2) is 6.04. The highest BCUT2D eigenvalue weighted by Crippen LogP contribution is 2.50. The van der Waals surface area contributed by atoms with Gasteiger partial charge in [0.25, 0.3) is 0 Å². The van der Waals surface area contributed by atoms with Crippen LogP contribution in [0.1, 0.15) is 43.7 Å². The molecule has 0 amide bonds. The Balaban J connectivity index is 2.04. The maximum atomic E-state index is 14.1. The summed E-state index contributed by atoms with van der Waals surface area (Å²) in [7, 11) is 1.42. The van der Waals surface area contributed by atoms with Crippen LogP contribution in [0, 0.1) is 17.7 Å². The molecule has 4 heteroatoms. The molecule has 0 aromatic heterocycles. The number of methoxy groups -OCH3 is 1. The molecule has 22 heavy (non-hydrogen) atoms. The summed E-state index contributed by atoms with van der Waals surface area (Å²) in [6.45, 7) is 2.15. The number of rotatable bonds is 4. The van der Waals surface area contributed by atoms with Gasteiger partial charge in [-0.1, -0.05) is 31.4 Å². The Morgan fingerprint density at radius 3 is 2.86 bits per heavy atom. The normalized spacial score (nSPS) is 23.1. The van der Waals surface area contributed by atoms with E-state index in [0.29, 0.717) is 17.4 Å². The van der Waals surface area contributed by atoms with Crippen molar-refractivity contribution in [2.45, 2.75) is 39.0 Å². The fourth-order valence-corrected chi connectivity index (χ4v) is 4.17. The molecule has 3 rings (SSSR count). The Labute approximate surface area is 135 Å². The zero-order chi connectivity index (χ0) is 15.9. The summed E-state index contributed by atoms with van der Waals surface area (Å²) in [5.41, 5.74) is 2.69. The minimum Gasteiger partial charge on any atom is -0.492 e. The molecule has 0 heterocycles. The van der Waals surface area contributed by atoms with Crippen LogP contribution in [0.25, 0.3) is 5.57 Å². The molecule has 2 aliphatic carbocycles. The van der Waals surface area contributed by atoms with Gasteiger partial charge >= 0.3 is 0 Å². The lowest BCUT2D eigenvalue weighted by Gasteiger charge is -2.27. The first kappa shape index (κ1) is 15.5. The monoisotopic (exact) mass is 322 g/mol. The van der Waals surface area contributed by atoms with Crippen LogP contribution in [0.15, 0.2) is 12.1 Å². The van der Waals surface area contributed by atoms with Gasteiger partial charge in [-0.2, -0.15) is 0 Å². The molecule has 2 atom stereocenters. The van der Waals surface area contributed by atoms with E-state index in [1.807, 2.05) is 0 Å². The van der Waals surface area contributed by atoms with E-state index < -0.39 is 5.82 Å². The van der Waals surface area contributed by atoms with Crippen molar-refractivity contribution >= 4 is 23.0 Å². The fourth-order valence-electron chi connectivity index (χ4n) is 3.82. The molecular formula is C18H20ClFO2. The lowest BCUT2D eigenvalue weighted by atomic mass is 9.76. The van der Waals surface area contributed by atoms with Gasteiger partial charge < -0.3 is 4.74 Å². The minimum absolute atomic E-state index is 0.107. The summed E-state index contributed by atoms with van der Waals surface area (Å²) < 4.78 is 19.2. The lowest BCUT2D eigenvalue weighted by Crippen LogP contribution is -2.22. The van der Waals surface area contributed by atoms with Gasteiger partial charge in [0.1, 0.15) is 0 Å². The summed E-state index contributed by atoms with van der Waals surface area (Å²) in [6, 6.07) is 1.47. The van der Waals surface area contributed by atoms with Crippen molar-refractivity contribution in [2.24, 2.45) is 11.8 Å². The smallest absolute Gasteiger partial charge is 0.173 e. The molecule has 1 aromatic carbocycles. The highest BCUT2D eigenvalue weighted by molar-refractivity contribution is 6.33. The number of hydrogen-bond acceptors (Lipinski definition) is 2. The van der Waals surface area contributed by atoms with E-state index in [2.05, 4.69) is 6.92 Å². The van der Waals surface area contributed by atoms with Crippen molar-refractivity contribution in [3.05, 3.63) is 34.1 Å². The van der Waals surface area contributed by atoms with E-state index in [1.54, 1.807) is 6.08 Å². The van der Waals surface area contributed by atoms with Crippen molar-refractivity contribution in [1.29, 1.82) is 0 Å². The van der Waals surface area contributed by atoms with Gasteiger partial charge in [-0.15, -0.1) is 0 Å². The fraction of sp³-hybridized carbons (Fsp3) is 0.500. The summed E-state index contributed by atoms with van der Waals surface area (Å²) in [4.78, 5) is 12.1. The molecule has 0 bridgehead atoms. The van der Waals surface area contributed by atoms with Crippen LogP contribution < -0.4 is 4.74 Å². The van der Waals surface area contributed by atoms with Gasteiger partial charge in [0, 0.05) is 6.42 Å². The second-order valence-electron chi connectivity index (χ2n) is 6.21. The van der Waals surface area contributed by atoms with Crippen molar-refractivity contribution < 1.29 is 13.9 Å². The van der Waals surface area contributed by atoms with Crippen molar-refractivity contribution in [3.8, 4) is 5.75 Å². The highest BCUT2D eigenvalue weighted by atomic mass is 35.5. The molecule has 0 saturated carbocycles. The van der Waals surface area contributed by atoms with Gasteiger partial charge in [0.2, 0.25) is 0 Å². The Hall–Kier alpha value is -1.35. The average Bonchev–Trinajstić information content (AvgIpc) is 2.84. The van der Waals surface area contributed by atoms with Crippen LogP contribution in [0.3, 0.4) is 0 Å². The minimum atomic E-state index is -0.462. The van der Waals surface area contributed by atoms with Gasteiger partial charge in [-0.3, -0.25) is 4.79 Å². The number of hydrogen-bond donors (Lipinski definition) is 0. The predicted octanol–water partition coefficient (Wildman–Crippen LogP) is 4.82. The zero-order valence-electron chi connectivity index (χ0n) is 12.9. The third kappa shape index (κ3) is 2.45. The second-order valence-corrected chi connectivity index (χ2v) is 6.59. The average molecular weight is 323 g/mol. The molecule has 0 fully saturated rings. The van der Waals surface area contributed by atoms with Gasteiger partial charge in [-0.25, -0.2) is 4.39 Å². The third-order valence-corrected chi connectivity index (χ3v) is 5.29. The number of ketones is 1. The highest BCUT2D eigenvalue weighted by Gasteiger charge is 2.39. The first-order chi connectivity index (χ1) is 10.6. The van der Waals surface area contributed by atoms with Crippen molar-refractivity contribution in [1.82, 2.24) is 0 Å². The number of ether oxygens (including phenoxy) is 1. The summed E-state index contributed by atoms with van der Waals surface area (Å²) >= 11 is 6.34. The number of halogens is 2. The first-order valence-corrected chi connectivity index (χ1v) is 8.24. The van der Waals surface area contributed by atoms with Crippen LogP contribution in [-0.4, -0.2) is 12.9 Å². The summed E-state index contributed by atoms with van der Waals surface area (Å²) in [5.74, 6) is 0.410. The van der Waals surface area contributed by atoms with Crippen LogP contribution in [0.2, 0.25) is 5.02 Å². The quantitative estimate of drug-likeness (QED) is 0.794. The molecule has 0 radical (unpaired) electrons. The zero-order valence-corrected chi connectivity index (χ0v) is 13.7. The molecule has 1 aromatic rings. The Bertz CT molecular complexity index is 651. The van der Waals surface area contributed by atoms with E-state index in [4.69, 9.17) is 16.3 Å². The largest absolute Gasteiger partial charge is 0.492 e. The molecule has 2 nitrogen and oxygen atoms in total.